The van der Waals surface area contributed by atoms with Crippen LogP contribution in [0.1, 0.15) is 31.5 Å². The Balaban J connectivity index is 1.47. The summed E-state index contributed by atoms with van der Waals surface area (Å²) in [4.78, 5) is 17.0. The molecule has 0 aliphatic rings. The Hall–Kier alpha value is -2.86. The molecule has 1 heterocycles. The van der Waals surface area contributed by atoms with E-state index in [2.05, 4.69) is 22.4 Å². The lowest BCUT2D eigenvalue weighted by Gasteiger charge is -2.13. The zero-order valence-corrected chi connectivity index (χ0v) is 18.5. The fourth-order valence-electron chi connectivity index (χ4n) is 3.12. The first-order chi connectivity index (χ1) is 14.6. The fourth-order valence-corrected chi connectivity index (χ4v) is 3.94. The Bertz CT molecular complexity index is 936. The van der Waals surface area contributed by atoms with E-state index < -0.39 is 0 Å². The number of carbonyl (C=O) groups is 1. The average molecular weight is 425 g/mol. The van der Waals surface area contributed by atoms with Crippen molar-refractivity contribution < 1.29 is 14.3 Å². The molecule has 1 aromatic heterocycles. The first-order valence-electron chi connectivity index (χ1n) is 10.2. The van der Waals surface area contributed by atoms with Gasteiger partial charge in [-0.25, -0.2) is 4.98 Å². The van der Waals surface area contributed by atoms with Crippen LogP contribution in [0, 0.1) is 0 Å². The molecule has 0 bridgehead atoms. The van der Waals surface area contributed by atoms with Gasteiger partial charge in [0, 0.05) is 17.0 Å². The Kier molecular flexibility index (Phi) is 7.85. The number of amides is 1. The molecule has 30 heavy (non-hydrogen) atoms. The third-order valence-corrected chi connectivity index (χ3v) is 5.68. The second kappa shape index (κ2) is 10.8. The van der Waals surface area contributed by atoms with E-state index in [0.29, 0.717) is 13.0 Å². The molecule has 2 aromatic carbocycles. The van der Waals surface area contributed by atoms with Gasteiger partial charge in [0.25, 0.3) is 0 Å². The van der Waals surface area contributed by atoms with E-state index in [0.717, 1.165) is 40.6 Å². The first kappa shape index (κ1) is 21.8. The quantitative estimate of drug-likeness (QED) is 0.503. The van der Waals surface area contributed by atoms with Crippen LogP contribution in [0.15, 0.2) is 53.9 Å². The van der Waals surface area contributed by atoms with Crippen LogP contribution in [0.5, 0.6) is 11.5 Å². The third-order valence-electron chi connectivity index (χ3n) is 4.74. The topological polar surface area (TPSA) is 60.5 Å². The highest BCUT2D eigenvalue weighted by Gasteiger charge is 2.12. The van der Waals surface area contributed by atoms with Gasteiger partial charge in [-0.05, 0) is 68.7 Å². The summed E-state index contributed by atoms with van der Waals surface area (Å²) in [5.41, 5.74) is 3.06. The summed E-state index contributed by atoms with van der Waals surface area (Å²) < 4.78 is 10.7. The Morgan fingerprint density at radius 3 is 2.47 bits per heavy atom. The van der Waals surface area contributed by atoms with Crippen molar-refractivity contribution in [2.24, 2.45) is 0 Å². The molecule has 0 aliphatic carbocycles. The largest absolute Gasteiger partial charge is 0.497 e. The number of aryl methyl sites for hydroxylation is 1. The predicted octanol–water partition coefficient (Wildman–Crippen LogP) is 4.90. The maximum Gasteiger partial charge on any atom is 0.226 e. The second-order valence-electron chi connectivity index (χ2n) is 7.13. The summed E-state index contributed by atoms with van der Waals surface area (Å²) in [6, 6.07) is 16.0. The van der Waals surface area contributed by atoms with Crippen LogP contribution < -0.4 is 14.8 Å². The molecule has 0 saturated heterocycles. The Morgan fingerprint density at radius 1 is 1.10 bits per heavy atom. The van der Waals surface area contributed by atoms with Crippen molar-refractivity contribution >= 4 is 17.2 Å². The van der Waals surface area contributed by atoms with Gasteiger partial charge in [0.05, 0.1) is 25.8 Å². The number of benzene rings is 2. The van der Waals surface area contributed by atoms with Crippen molar-refractivity contribution in [3.63, 3.8) is 0 Å². The van der Waals surface area contributed by atoms with Crippen LogP contribution >= 0.6 is 11.3 Å². The molecule has 1 unspecified atom stereocenters. The van der Waals surface area contributed by atoms with Crippen molar-refractivity contribution in [3.8, 4) is 22.1 Å². The van der Waals surface area contributed by atoms with E-state index in [-0.39, 0.29) is 11.9 Å². The summed E-state index contributed by atoms with van der Waals surface area (Å²) in [5, 5.41) is 5.94. The van der Waals surface area contributed by atoms with Crippen molar-refractivity contribution in [3.05, 3.63) is 65.2 Å². The Labute approximate surface area is 182 Å². The molecule has 1 amide bonds. The molecule has 3 aromatic rings. The van der Waals surface area contributed by atoms with Crippen LogP contribution in [-0.4, -0.2) is 30.6 Å². The van der Waals surface area contributed by atoms with E-state index in [1.807, 2.05) is 55.6 Å². The van der Waals surface area contributed by atoms with Gasteiger partial charge >= 0.3 is 0 Å². The standard InChI is InChI=1S/C24H28N2O3S/c1-4-29-22-13-9-19(10-14-22)24-26-20(16-30-24)15-23(27)25-17(2)5-6-18-7-11-21(28-3)12-8-18/h7-14,16-17H,4-6,15H2,1-3H3,(H,25,27). The van der Waals surface area contributed by atoms with E-state index >= 15 is 0 Å². The number of nitrogens with one attached hydrogen (secondary N) is 1. The van der Waals surface area contributed by atoms with Gasteiger partial charge in [0.2, 0.25) is 5.91 Å². The van der Waals surface area contributed by atoms with Crippen LogP contribution in [0.25, 0.3) is 10.6 Å². The van der Waals surface area contributed by atoms with Crippen LogP contribution in [0.4, 0.5) is 0 Å². The molecule has 0 spiro atoms. The number of ether oxygens (including phenoxy) is 2. The van der Waals surface area contributed by atoms with Gasteiger partial charge in [-0.3, -0.25) is 4.79 Å². The van der Waals surface area contributed by atoms with Crippen LogP contribution in [-0.2, 0) is 17.6 Å². The van der Waals surface area contributed by atoms with Gasteiger partial charge in [-0.15, -0.1) is 11.3 Å². The molecule has 0 radical (unpaired) electrons. The third kappa shape index (κ3) is 6.32. The number of carbonyl (C=O) groups excluding carboxylic acids is 1. The highest BCUT2D eigenvalue weighted by molar-refractivity contribution is 7.13. The van der Waals surface area contributed by atoms with Crippen LogP contribution in [0.2, 0.25) is 0 Å². The van der Waals surface area contributed by atoms with Crippen molar-refractivity contribution in [2.45, 2.75) is 39.2 Å². The molecule has 3 rings (SSSR count). The minimum absolute atomic E-state index is 0.000717. The summed E-state index contributed by atoms with van der Waals surface area (Å²) in [7, 11) is 1.66. The number of rotatable bonds is 10. The van der Waals surface area contributed by atoms with Crippen LogP contribution in [0.3, 0.4) is 0 Å². The van der Waals surface area contributed by atoms with E-state index in [9.17, 15) is 4.79 Å². The molecule has 0 aliphatic heterocycles. The molecule has 1 N–H and O–H groups in total. The molecule has 1 atom stereocenters. The summed E-state index contributed by atoms with van der Waals surface area (Å²) >= 11 is 1.55. The molecule has 0 saturated carbocycles. The fraction of sp³-hybridized carbons (Fsp3) is 0.333. The number of hydrogen-bond donors (Lipinski definition) is 1. The average Bonchev–Trinajstić information content (AvgIpc) is 3.21. The Morgan fingerprint density at radius 2 is 1.80 bits per heavy atom. The number of methoxy groups -OCH3 is 1. The molecule has 0 fully saturated rings. The number of thiazole rings is 1. The molecule has 158 valence electrons. The number of hydrogen-bond acceptors (Lipinski definition) is 5. The van der Waals surface area contributed by atoms with Crippen molar-refractivity contribution in [2.75, 3.05) is 13.7 Å². The van der Waals surface area contributed by atoms with E-state index in [1.54, 1.807) is 18.4 Å². The lowest BCUT2D eigenvalue weighted by molar-refractivity contribution is -0.121. The minimum Gasteiger partial charge on any atom is -0.497 e. The number of aromatic nitrogens is 1. The van der Waals surface area contributed by atoms with Crippen molar-refractivity contribution in [1.29, 1.82) is 0 Å². The summed E-state index contributed by atoms with van der Waals surface area (Å²) in [6.45, 7) is 4.65. The van der Waals surface area contributed by atoms with Gasteiger partial charge in [-0.2, -0.15) is 0 Å². The second-order valence-corrected chi connectivity index (χ2v) is 7.99. The lowest BCUT2D eigenvalue weighted by Crippen LogP contribution is -2.34. The molecule has 5 nitrogen and oxygen atoms in total. The first-order valence-corrected chi connectivity index (χ1v) is 11.0. The van der Waals surface area contributed by atoms with Crippen molar-refractivity contribution in [1.82, 2.24) is 10.3 Å². The summed E-state index contributed by atoms with van der Waals surface area (Å²) in [5.74, 6) is 1.70. The highest BCUT2D eigenvalue weighted by Crippen LogP contribution is 2.26. The number of nitrogens with zero attached hydrogens (tertiary/aromatic N) is 1. The van der Waals surface area contributed by atoms with Gasteiger partial charge in [-0.1, -0.05) is 12.1 Å². The molecular formula is C24H28N2O3S. The molecule has 6 heteroatoms. The SMILES string of the molecule is CCOc1ccc(-c2nc(CC(=O)NC(C)CCc3ccc(OC)cc3)cs2)cc1. The zero-order valence-electron chi connectivity index (χ0n) is 17.7. The highest BCUT2D eigenvalue weighted by atomic mass is 32.1. The summed E-state index contributed by atoms with van der Waals surface area (Å²) in [6.07, 6.45) is 2.08. The normalized spacial score (nSPS) is 11.7. The predicted molar refractivity (Wildman–Crippen MR) is 121 cm³/mol. The monoisotopic (exact) mass is 424 g/mol. The van der Waals surface area contributed by atoms with Gasteiger partial charge < -0.3 is 14.8 Å². The smallest absolute Gasteiger partial charge is 0.226 e. The minimum atomic E-state index is 0.000717. The maximum atomic E-state index is 12.4. The van der Waals surface area contributed by atoms with Gasteiger partial charge in [0.1, 0.15) is 16.5 Å². The van der Waals surface area contributed by atoms with Gasteiger partial charge in [0.15, 0.2) is 0 Å². The lowest BCUT2D eigenvalue weighted by atomic mass is 10.1. The zero-order chi connectivity index (χ0) is 21.3. The van der Waals surface area contributed by atoms with E-state index in [1.165, 1.54) is 5.56 Å². The molecular weight excluding hydrogens is 396 g/mol. The van der Waals surface area contributed by atoms with E-state index in [4.69, 9.17) is 9.47 Å². The maximum absolute atomic E-state index is 12.4.